The maximum atomic E-state index is 13.3. The van der Waals surface area contributed by atoms with Gasteiger partial charge in [-0.1, -0.05) is 16.8 Å². The number of nitrogens with two attached hydrogens (primary N) is 1. The molecule has 0 fully saturated rings. The van der Waals surface area contributed by atoms with Crippen LogP contribution in [0.4, 0.5) is 4.39 Å². The zero-order valence-electron chi connectivity index (χ0n) is 9.12. The van der Waals surface area contributed by atoms with Gasteiger partial charge in [-0.15, -0.1) is 0 Å². The van der Waals surface area contributed by atoms with Crippen molar-refractivity contribution in [1.29, 1.82) is 0 Å². The molecule has 1 aromatic heterocycles. The Bertz CT molecular complexity index is 562. The fraction of sp³-hybridized carbons (Fsp3) is 0.182. The smallest absolute Gasteiger partial charge is 0.174 e. The Morgan fingerprint density at radius 1 is 1.44 bits per heavy atom. The van der Waals surface area contributed by atoms with Gasteiger partial charge < -0.3 is 15.0 Å². The topological polar surface area (TPSA) is 61.3 Å². The predicted molar refractivity (Wildman–Crippen MR) is 67.8 cm³/mol. The van der Waals surface area contributed by atoms with Crippen molar-refractivity contribution < 1.29 is 13.7 Å². The molecule has 1 heterocycles. The zero-order chi connectivity index (χ0) is 13.1. The fourth-order valence-electron chi connectivity index (χ4n) is 1.28. The molecule has 0 bridgehead atoms. The van der Waals surface area contributed by atoms with Crippen LogP contribution in [0.25, 0.3) is 0 Å². The minimum absolute atomic E-state index is 0.0271. The van der Waals surface area contributed by atoms with Gasteiger partial charge in [-0.3, -0.25) is 0 Å². The Labute approximate surface area is 116 Å². The van der Waals surface area contributed by atoms with Crippen molar-refractivity contribution in [2.45, 2.75) is 13.2 Å². The molecule has 0 saturated heterocycles. The van der Waals surface area contributed by atoms with Gasteiger partial charge in [0.2, 0.25) is 0 Å². The highest BCUT2D eigenvalue weighted by molar-refractivity contribution is 9.10. The molecule has 0 unspecified atom stereocenters. The number of nitrogens with zero attached hydrogens (tertiary/aromatic N) is 1. The van der Waals surface area contributed by atoms with Crippen LogP contribution in [-0.4, -0.2) is 5.16 Å². The van der Waals surface area contributed by atoms with E-state index >= 15 is 0 Å². The molecule has 0 atom stereocenters. The summed E-state index contributed by atoms with van der Waals surface area (Å²) < 4.78 is 24.2. The summed E-state index contributed by atoms with van der Waals surface area (Å²) in [6.45, 7) is 0.426. The zero-order valence-corrected chi connectivity index (χ0v) is 11.5. The Morgan fingerprint density at radius 3 is 2.89 bits per heavy atom. The van der Waals surface area contributed by atoms with E-state index in [0.29, 0.717) is 28.2 Å². The van der Waals surface area contributed by atoms with Crippen molar-refractivity contribution in [2.24, 2.45) is 5.73 Å². The molecule has 0 aliphatic rings. The van der Waals surface area contributed by atoms with Gasteiger partial charge >= 0.3 is 0 Å². The number of ether oxygens (including phenoxy) is 1. The SMILES string of the molecule is NCc1cc(COc2cc(F)c(Cl)cc2Br)on1. The summed E-state index contributed by atoms with van der Waals surface area (Å²) in [6.07, 6.45) is 0. The van der Waals surface area contributed by atoms with Gasteiger partial charge in [-0.05, 0) is 22.0 Å². The molecular formula is C11H9BrClFN2O2. The second kappa shape index (κ2) is 5.69. The lowest BCUT2D eigenvalue weighted by Gasteiger charge is -2.07. The third-order valence-corrected chi connectivity index (χ3v) is 3.07. The first-order chi connectivity index (χ1) is 8.60. The third-order valence-electron chi connectivity index (χ3n) is 2.16. The second-order valence-corrected chi connectivity index (χ2v) is 4.74. The van der Waals surface area contributed by atoms with Crippen molar-refractivity contribution in [1.82, 2.24) is 5.16 Å². The number of hydrogen-bond acceptors (Lipinski definition) is 4. The molecule has 0 amide bonds. The first-order valence-electron chi connectivity index (χ1n) is 5.02. The van der Waals surface area contributed by atoms with Crippen LogP contribution in [0.1, 0.15) is 11.5 Å². The Hall–Kier alpha value is -1.11. The molecule has 0 aliphatic heterocycles. The molecule has 96 valence electrons. The summed E-state index contributed by atoms with van der Waals surface area (Å²) in [5.41, 5.74) is 6.03. The van der Waals surface area contributed by atoms with Crippen LogP contribution in [0.5, 0.6) is 5.75 Å². The Kier molecular flexibility index (Phi) is 4.21. The van der Waals surface area contributed by atoms with Gasteiger partial charge in [0.05, 0.1) is 15.2 Å². The molecule has 4 nitrogen and oxygen atoms in total. The number of rotatable bonds is 4. The van der Waals surface area contributed by atoms with Gasteiger partial charge in [-0.25, -0.2) is 4.39 Å². The maximum Gasteiger partial charge on any atom is 0.174 e. The van der Waals surface area contributed by atoms with Gasteiger partial charge in [0.25, 0.3) is 0 Å². The van der Waals surface area contributed by atoms with Crippen LogP contribution >= 0.6 is 27.5 Å². The lowest BCUT2D eigenvalue weighted by molar-refractivity contribution is 0.246. The van der Waals surface area contributed by atoms with Crippen LogP contribution in [0.15, 0.2) is 27.2 Å². The van der Waals surface area contributed by atoms with E-state index in [1.165, 1.54) is 12.1 Å². The monoisotopic (exact) mass is 334 g/mol. The molecule has 7 heteroatoms. The van der Waals surface area contributed by atoms with E-state index in [1.807, 2.05) is 0 Å². The van der Waals surface area contributed by atoms with Gasteiger partial charge in [-0.2, -0.15) is 0 Å². The maximum absolute atomic E-state index is 13.3. The highest BCUT2D eigenvalue weighted by Crippen LogP contribution is 2.31. The number of aromatic nitrogens is 1. The van der Waals surface area contributed by atoms with Crippen LogP contribution in [0, 0.1) is 5.82 Å². The summed E-state index contributed by atoms with van der Waals surface area (Å²) in [4.78, 5) is 0. The van der Waals surface area contributed by atoms with Crippen LogP contribution in [0.2, 0.25) is 5.02 Å². The quantitative estimate of drug-likeness (QED) is 0.871. The number of benzene rings is 1. The first kappa shape index (κ1) is 13.3. The number of hydrogen-bond donors (Lipinski definition) is 1. The average Bonchev–Trinajstić information content (AvgIpc) is 2.80. The van der Waals surface area contributed by atoms with Crippen LogP contribution in [-0.2, 0) is 13.2 Å². The van der Waals surface area contributed by atoms with Crippen LogP contribution in [0.3, 0.4) is 0 Å². The van der Waals surface area contributed by atoms with E-state index in [-0.39, 0.29) is 11.6 Å². The molecule has 18 heavy (non-hydrogen) atoms. The number of halogens is 3. The highest BCUT2D eigenvalue weighted by atomic mass is 79.9. The molecule has 1 aromatic carbocycles. The lowest BCUT2D eigenvalue weighted by Crippen LogP contribution is -1.96. The average molecular weight is 336 g/mol. The van der Waals surface area contributed by atoms with E-state index in [9.17, 15) is 4.39 Å². The molecular weight excluding hydrogens is 326 g/mol. The van der Waals surface area contributed by atoms with Crippen molar-refractivity contribution in [3.05, 3.63) is 45.0 Å². The first-order valence-corrected chi connectivity index (χ1v) is 6.19. The fourth-order valence-corrected chi connectivity index (χ4v) is 2.04. The van der Waals surface area contributed by atoms with Crippen molar-refractivity contribution in [3.8, 4) is 5.75 Å². The van der Waals surface area contributed by atoms with Crippen molar-refractivity contribution in [3.63, 3.8) is 0 Å². The van der Waals surface area contributed by atoms with E-state index < -0.39 is 5.82 Å². The predicted octanol–water partition coefficient (Wildman–Crippen LogP) is 3.27. The Morgan fingerprint density at radius 2 is 2.22 bits per heavy atom. The highest BCUT2D eigenvalue weighted by Gasteiger charge is 2.09. The van der Waals surface area contributed by atoms with Gasteiger partial charge in [0.1, 0.15) is 18.2 Å². The Balaban J connectivity index is 2.08. The van der Waals surface area contributed by atoms with Gasteiger partial charge in [0.15, 0.2) is 5.76 Å². The molecule has 2 aromatic rings. The third kappa shape index (κ3) is 3.01. The largest absolute Gasteiger partial charge is 0.484 e. The summed E-state index contributed by atoms with van der Waals surface area (Å²) in [5, 5.41) is 3.74. The summed E-state index contributed by atoms with van der Waals surface area (Å²) >= 11 is 8.85. The second-order valence-electron chi connectivity index (χ2n) is 3.47. The normalized spacial score (nSPS) is 10.7. The van der Waals surface area contributed by atoms with Crippen LogP contribution < -0.4 is 10.5 Å². The van der Waals surface area contributed by atoms with E-state index in [0.717, 1.165) is 0 Å². The van der Waals surface area contributed by atoms with E-state index in [2.05, 4.69) is 21.1 Å². The molecule has 0 aliphatic carbocycles. The van der Waals surface area contributed by atoms with E-state index in [1.54, 1.807) is 6.07 Å². The summed E-state index contributed by atoms with van der Waals surface area (Å²) in [5.74, 6) is 0.301. The van der Waals surface area contributed by atoms with Crippen molar-refractivity contribution >= 4 is 27.5 Å². The van der Waals surface area contributed by atoms with Gasteiger partial charge in [0, 0.05) is 18.7 Å². The van der Waals surface area contributed by atoms with Crippen molar-refractivity contribution in [2.75, 3.05) is 0 Å². The minimum atomic E-state index is -0.546. The molecule has 0 saturated carbocycles. The lowest BCUT2D eigenvalue weighted by atomic mass is 10.3. The minimum Gasteiger partial charge on any atom is -0.484 e. The summed E-state index contributed by atoms with van der Waals surface area (Å²) in [6, 6.07) is 4.31. The molecule has 0 radical (unpaired) electrons. The molecule has 2 N–H and O–H groups in total. The molecule has 2 rings (SSSR count). The van der Waals surface area contributed by atoms with E-state index in [4.69, 9.17) is 26.6 Å². The molecule has 0 spiro atoms. The summed E-state index contributed by atoms with van der Waals surface area (Å²) in [7, 11) is 0. The standard InChI is InChI=1S/C11H9BrClFN2O2/c12-8-2-9(13)10(14)3-11(8)17-5-7-1-6(4-15)16-18-7/h1-3H,4-5,15H2.